The highest BCUT2D eigenvalue weighted by Gasteiger charge is 2.00. The van der Waals surface area contributed by atoms with Crippen molar-refractivity contribution in [3.8, 4) is 5.75 Å². The molecular formula is C15H24BrNO. The molecule has 0 unspecified atom stereocenters. The molecule has 1 N–H and O–H groups in total. The van der Waals surface area contributed by atoms with Gasteiger partial charge in [0.25, 0.3) is 0 Å². The first-order chi connectivity index (χ1) is 8.59. The van der Waals surface area contributed by atoms with E-state index >= 15 is 0 Å². The van der Waals surface area contributed by atoms with Crippen molar-refractivity contribution in [2.45, 2.75) is 46.1 Å². The van der Waals surface area contributed by atoms with Crippen LogP contribution in [0.3, 0.4) is 0 Å². The lowest BCUT2D eigenvalue weighted by Crippen LogP contribution is -2.23. The zero-order valence-electron chi connectivity index (χ0n) is 11.6. The Bertz CT molecular complexity index is 352. The molecule has 0 aliphatic rings. The van der Waals surface area contributed by atoms with Crippen LogP contribution in [0.4, 0.5) is 0 Å². The maximum atomic E-state index is 5.75. The molecule has 3 heteroatoms. The molecule has 2 nitrogen and oxygen atoms in total. The van der Waals surface area contributed by atoms with Gasteiger partial charge in [0, 0.05) is 6.04 Å². The third-order valence-electron chi connectivity index (χ3n) is 2.72. The van der Waals surface area contributed by atoms with Crippen LogP contribution in [0.25, 0.3) is 0 Å². The van der Waals surface area contributed by atoms with Crippen LogP contribution < -0.4 is 10.1 Å². The Labute approximate surface area is 119 Å². The summed E-state index contributed by atoms with van der Waals surface area (Å²) in [5.74, 6) is 0.945. The van der Waals surface area contributed by atoms with Crippen LogP contribution in [0, 0.1) is 6.92 Å². The second-order valence-corrected chi connectivity index (χ2v) is 5.81. The van der Waals surface area contributed by atoms with Gasteiger partial charge in [0.15, 0.2) is 0 Å². The van der Waals surface area contributed by atoms with Gasteiger partial charge in [-0.3, -0.25) is 0 Å². The lowest BCUT2D eigenvalue weighted by atomic mass is 10.2. The fourth-order valence-corrected chi connectivity index (χ4v) is 2.31. The van der Waals surface area contributed by atoms with E-state index in [1.54, 1.807) is 0 Å². The topological polar surface area (TPSA) is 21.3 Å². The molecular weight excluding hydrogens is 290 g/mol. The summed E-state index contributed by atoms with van der Waals surface area (Å²) in [5, 5.41) is 3.42. The van der Waals surface area contributed by atoms with Crippen molar-refractivity contribution in [3.63, 3.8) is 0 Å². The summed E-state index contributed by atoms with van der Waals surface area (Å²) in [4.78, 5) is 0. The van der Waals surface area contributed by atoms with Crippen molar-refractivity contribution >= 4 is 15.9 Å². The molecule has 0 aromatic heterocycles. The molecule has 102 valence electrons. The minimum atomic E-state index is 0.588. The average Bonchev–Trinajstić information content (AvgIpc) is 2.30. The molecule has 0 spiro atoms. The molecule has 0 saturated carbocycles. The largest absolute Gasteiger partial charge is 0.492 e. The molecule has 1 aromatic rings. The van der Waals surface area contributed by atoms with Crippen LogP contribution in [0.2, 0.25) is 0 Å². The second kappa shape index (κ2) is 8.54. The minimum absolute atomic E-state index is 0.588. The summed E-state index contributed by atoms with van der Waals surface area (Å²) < 4.78 is 6.80. The van der Waals surface area contributed by atoms with Gasteiger partial charge in [-0.05, 0) is 66.4 Å². The van der Waals surface area contributed by atoms with Crippen molar-refractivity contribution < 1.29 is 4.74 Å². The highest BCUT2D eigenvalue weighted by Crippen LogP contribution is 2.25. The second-order valence-electron chi connectivity index (χ2n) is 4.95. The molecule has 0 radical (unpaired) electrons. The molecule has 1 aromatic carbocycles. The van der Waals surface area contributed by atoms with E-state index in [1.165, 1.54) is 18.4 Å². The number of rotatable bonds is 8. The molecule has 1 rings (SSSR count). The summed E-state index contributed by atoms with van der Waals surface area (Å²) in [5.41, 5.74) is 1.24. The monoisotopic (exact) mass is 313 g/mol. The maximum Gasteiger partial charge on any atom is 0.133 e. The maximum absolute atomic E-state index is 5.75. The van der Waals surface area contributed by atoms with Crippen LogP contribution >= 0.6 is 15.9 Å². The number of unbranched alkanes of at least 4 members (excludes halogenated alkanes) is 2. The third-order valence-corrected chi connectivity index (χ3v) is 3.34. The summed E-state index contributed by atoms with van der Waals surface area (Å²) in [6.07, 6.45) is 3.54. The van der Waals surface area contributed by atoms with Gasteiger partial charge in [0.05, 0.1) is 11.1 Å². The van der Waals surface area contributed by atoms with Crippen molar-refractivity contribution in [2.75, 3.05) is 13.2 Å². The molecule has 0 amide bonds. The Kier molecular flexibility index (Phi) is 7.36. The molecule has 0 bridgehead atoms. The first-order valence-corrected chi connectivity index (χ1v) is 7.51. The Morgan fingerprint density at radius 2 is 2.00 bits per heavy atom. The lowest BCUT2D eigenvalue weighted by Gasteiger charge is -2.09. The summed E-state index contributed by atoms with van der Waals surface area (Å²) in [7, 11) is 0. The van der Waals surface area contributed by atoms with Gasteiger partial charge in [-0.25, -0.2) is 0 Å². The zero-order valence-corrected chi connectivity index (χ0v) is 13.2. The average molecular weight is 314 g/mol. The zero-order chi connectivity index (χ0) is 13.4. The van der Waals surface area contributed by atoms with Gasteiger partial charge in [0.1, 0.15) is 5.75 Å². The Hall–Kier alpha value is -0.540. The molecule has 0 aliphatic heterocycles. The summed E-state index contributed by atoms with van der Waals surface area (Å²) >= 11 is 3.52. The van der Waals surface area contributed by atoms with Gasteiger partial charge in [-0.15, -0.1) is 0 Å². The third kappa shape index (κ3) is 6.41. The predicted octanol–water partition coefficient (Wildman–Crippen LogP) is 4.30. The Balaban J connectivity index is 2.11. The molecule has 0 aliphatic carbocycles. The fourth-order valence-electron chi connectivity index (χ4n) is 1.70. The van der Waals surface area contributed by atoms with E-state index in [-0.39, 0.29) is 0 Å². The number of hydrogen-bond donors (Lipinski definition) is 1. The van der Waals surface area contributed by atoms with Crippen molar-refractivity contribution in [1.82, 2.24) is 5.32 Å². The van der Waals surface area contributed by atoms with Crippen LogP contribution in [0.15, 0.2) is 22.7 Å². The highest BCUT2D eigenvalue weighted by molar-refractivity contribution is 9.10. The van der Waals surface area contributed by atoms with Crippen molar-refractivity contribution in [1.29, 1.82) is 0 Å². The summed E-state index contributed by atoms with van der Waals surface area (Å²) in [6, 6.07) is 6.78. The van der Waals surface area contributed by atoms with Crippen LogP contribution in [0.1, 0.15) is 38.7 Å². The molecule has 0 atom stereocenters. The first kappa shape index (κ1) is 15.5. The Morgan fingerprint density at radius 3 is 2.67 bits per heavy atom. The number of aryl methyl sites for hydroxylation is 1. The van der Waals surface area contributed by atoms with Gasteiger partial charge in [-0.1, -0.05) is 19.9 Å². The van der Waals surface area contributed by atoms with Gasteiger partial charge < -0.3 is 10.1 Å². The fraction of sp³-hybridized carbons (Fsp3) is 0.600. The molecule has 0 heterocycles. The quantitative estimate of drug-likeness (QED) is 0.722. The van der Waals surface area contributed by atoms with Crippen molar-refractivity contribution in [2.24, 2.45) is 0 Å². The first-order valence-electron chi connectivity index (χ1n) is 6.72. The van der Waals surface area contributed by atoms with Crippen LogP contribution in [-0.2, 0) is 0 Å². The van der Waals surface area contributed by atoms with Crippen LogP contribution in [-0.4, -0.2) is 19.2 Å². The number of nitrogens with one attached hydrogen (secondary N) is 1. The van der Waals surface area contributed by atoms with E-state index in [2.05, 4.69) is 54.2 Å². The minimum Gasteiger partial charge on any atom is -0.492 e. The van der Waals surface area contributed by atoms with Crippen LogP contribution in [0.5, 0.6) is 5.75 Å². The molecule has 18 heavy (non-hydrogen) atoms. The van der Waals surface area contributed by atoms with E-state index in [1.807, 2.05) is 6.07 Å². The predicted molar refractivity (Wildman–Crippen MR) is 81.4 cm³/mol. The SMILES string of the molecule is Cc1ccc(OCCCCCNC(C)C)c(Br)c1. The normalized spacial score (nSPS) is 10.9. The number of ether oxygens (including phenoxy) is 1. The number of benzene rings is 1. The van der Waals surface area contributed by atoms with E-state index in [0.29, 0.717) is 6.04 Å². The van der Waals surface area contributed by atoms with Gasteiger partial charge >= 0.3 is 0 Å². The van der Waals surface area contributed by atoms with E-state index in [4.69, 9.17) is 4.74 Å². The van der Waals surface area contributed by atoms with E-state index in [9.17, 15) is 0 Å². The number of halogens is 1. The molecule has 0 saturated heterocycles. The summed E-state index contributed by atoms with van der Waals surface area (Å²) in [6.45, 7) is 8.33. The highest BCUT2D eigenvalue weighted by atomic mass is 79.9. The van der Waals surface area contributed by atoms with E-state index in [0.717, 1.165) is 29.8 Å². The standard InChI is InChI=1S/C15H24BrNO/c1-12(2)17-9-5-4-6-10-18-15-8-7-13(3)11-14(15)16/h7-8,11-12,17H,4-6,9-10H2,1-3H3. The lowest BCUT2D eigenvalue weighted by molar-refractivity contribution is 0.303. The van der Waals surface area contributed by atoms with Crippen molar-refractivity contribution in [3.05, 3.63) is 28.2 Å². The smallest absolute Gasteiger partial charge is 0.133 e. The van der Waals surface area contributed by atoms with E-state index < -0.39 is 0 Å². The number of hydrogen-bond acceptors (Lipinski definition) is 2. The Morgan fingerprint density at radius 1 is 1.22 bits per heavy atom. The van der Waals surface area contributed by atoms with Gasteiger partial charge in [0.2, 0.25) is 0 Å². The van der Waals surface area contributed by atoms with Gasteiger partial charge in [-0.2, -0.15) is 0 Å². The molecule has 0 fully saturated rings.